The maximum absolute atomic E-state index is 4.28. The summed E-state index contributed by atoms with van der Waals surface area (Å²) < 4.78 is 0. The normalized spacial score (nSPS) is 12.1. The molecule has 1 atom stereocenters. The molecule has 5 aromatic rings. The molecule has 1 aromatic heterocycles. The second-order valence-corrected chi connectivity index (χ2v) is 9.53. The Balaban J connectivity index is 1.52. The summed E-state index contributed by atoms with van der Waals surface area (Å²) in [7, 11) is 0. The van der Waals surface area contributed by atoms with Gasteiger partial charge in [-0.05, 0) is 44.0 Å². The maximum Gasteiger partial charge on any atom is 0.210 e. The Labute approximate surface area is 204 Å². The molecule has 5 nitrogen and oxygen atoms in total. The van der Waals surface area contributed by atoms with Crippen molar-refractivity contribution in [3.05, 3.63) is 77.8 Å². The molecule has 34 heavy (non-hydrogen) atoms. The molecule has 0 saturated carbocycles. The van der Waals surface area contributed by atoms with Gasteiger partial charge in [0.15, 0.2) is 0 Å². The fourth-order valence-corrected chi connectivity index (χ4v) is 4.82. The zero-order valence-corrected chi connectivity index (χ0v) is 20.5. The standard InChI is InChI=1S/C28H29N5S/c1-4-18(3)29-23-14-15-24(20-11-7-6-10-19(20)23)30-25-16-17-26(22-13-9-8-12-21(22)25)31-28-33-32-27(5-2)34-28/h6-18,29-30H,4-5H2,1-3H3,(H,31,33). The van der Waals surface area contributed by atoms with E-state index >= 15 is 0 Å². The lowest BCUT2D eigenvalue weighted by molar-refractivity contribution is 0.765. The number of nitrogens with zero attached hydrogens (tertiary/aromatic N) is 2. The first-order valence-electron chi connectivity index (χ1n) is 11.8. The Hall–Kier alpha value is -3.64. The predicted octanol–water partition coefficient (Wildman–Crippen LogP) is 8.10. The molecule has 6 heteroatoms. The van der Waals surface area contributed by atoms with Crippen LogP contribution < -0.4 is 16.0 Å². The van der Waals surface area contributed by atoms with Crippen LogP contribution in [0.25, 0.3) is 21.5 Å². The highest BCUT2D eigenvalue weighted by molar-refractivity contribution is 7.15. The van der Waals surface area contributed by atoms with E-state index in [-0.39, 0.29) is 0 Å². The monoisotopic (exact) mass is 467 g/mol. The topological polar surface area (TPSA) is 61.9 Å². The van der Waals surface area contributed by atoms with Crippen molar-refractivity contribution in [2.24, 2.45) is 0 Å². The van der Waals surface area contributed by atoms with Crippen LogP contribution in [0.1, 0.15) is 32.2 Å². The minimum Gasteiger partial charge on any atom is -0.382 e. The van der Waals surface area contributed by atoms with Crippen LogP contribution in [0.2, 0.25) is 0 Å². The van der Waals surface area contributed by atoms with Crippen LogP contribution >= 0.6 is 11.3 Å². The van der Waals surface area contributed by atoms with Crippen LogP contribution in [0.4, 0.5) is 27.9 Å². The zero-order valence-electron chi connectivity index (χ0n) is 19.7. The van der Waals surface area contributed by atoms with Crippen LogP contribution in [0.5, 0.6) is 0 Å². The summed E-state index contributed by atoms with van der Waals surface area (Å²) in [6, 6.07) is 26.0. The van der Waals surface area contributed by atoms with Crippen LogP contribution in [0, 0.1) is 0 Å². The molecule has 0 aliphatic carbocycles. The lowest BCUT2D eigenvalue weighted by Gasteiger charge is -2.19. The fraction of sp³-hybridized carbons (Fsp3) is 0.214. The van der Waals surface area contributed by atoms with Gasteiger partial charge in [0, 0.05) is 50.3 Å². The van der Waals surface area contributed by atoms with E-state index in [1.54, 1.807) is 11.3 Å². The number of anilines is 5. The van der Waals surface area contributed by atoms with E-state index in [0.717, 1.165) is 50.8 Å². The average molecular weight is 468 g/mol. The number of hydrogen-bond acceptors (Lipinski definition) is 6. The van der Waals surface area contributed by atoms with Crippen molar-refractivity contribution < 1.29 is 0 Å². The third kappa shape index (κ3) is 4.41. The highest BCUT2D eigenvalue weighted by Crippen LogP contribution is 2.37. The molecule has 0 spiro atoms. The van der Waals surface area contributed by atoms with E-state index < -0.39 is 0 Å². The quantitative estimate of drug-likeness (QED) is 0.215. The zero-order chi connectivity index (χ0) is 23.5. The third-order valence-corrected chi connectivity index (χ3v) is 7.13. The second kappa shape index (κ2) is 9.69. The largest absolute Gasteiger partial charge is 0.382 e. The lowest BCUT2D eigenvalue weighted by atomic mass is 10.0. The molecule has 5 rings (SSSR count). The number of fused-ring (bicyclic) bond motifs is 2. The average Bonchev–Trinajstić information content (AvgIpc) is 3.34. The molecule has 172 valence electrons. The van der Waals surface area contributed by atoms with Gasteiger partial charge in [-0.3, -0.25) is 0 Å². The van der Waals surface area contributed by atoms with Gasteiger partial charge in [-0.1, -0.05) is 73.7 Å². The first-order valence-corrected chi connectivity index (χ1v) is 12.6. The predicted molar refractivity (Wildman–Crippen MR) is 147 cm³/mol. The minimum atomic E-state index is 0.424. The SMILES string of the molecule is CCc1nnc(Nc2ccc(Nc3ccc(NC(C)CC)c4ccccc34)c3ccccc23)s1. The molecular weight excluding hydrogens is 438 g/mol. The van der Waals surface area contributed by atoms with Gasteiger partial charge in [0.1, 0.15) is 5.01 Å². The van der Waals surface area contributed by atoms with Crippen molar-refractivity contribution in [3.63, 3.8) is 0 Å². The van der Waals surface area contributed by atoms with E-state index in [2.05, 4.69) is 120 Å². The Morgan fingerprint density at radius 3 is 1.68 bits per heavy atom. The number of benzene rings is 4. The Morgan fingerprint density at radius 1 is 0.676 bits per heavy atom. The van der Waals surface area contributed by atoms with Crippen LogP contribution in [0.3, 0.4) is 0 Å². The van der Waals surface area contributed by atoms with Crippen molar-refractivity contribution in [3.8, 4) is 0 Å². The summed E-state index contributed by atoms with van der Waals surface area (Å²) in [5.41, 5.74) is 4.36. The van der Waals surface area contributed by atoms with E-state index in [1.165, 1.54) is 16.5 Å². The summed E-state index contributed by atoms with van der Waals surface area (Å²) in [4.78, 5) is 0. The van der Waals surface area contributed by atoms with Gasteiger partial charge in [-0.25, -0.2) is 0 Å². The van der Waals surface area contributed by atoms with Gasteiger partial charge in [0.05, 0.1) is 0 Å². The van der Waals surface area contributed by atoms with E-state index in [9.17, 15) is 0 Å². The van der Waals surface area contributed by atoms with E-state index in [4.69, 9.17) is 0 Å². The first kappa shape index (κ1) is 22.2. The molecule has 0 radical (unpaired) electrons. The van der Waals surface area contributed by atoms with Gasteiger partial charge >= 0.3 is 0 Å². The molecule has 0 saturated heterocycles. The summed E-state index contributed by atoms with van der Waals surface area (Å²) in [5.74, 6) is 0. The molecule has 1 unspecified atom stereocenters. The van der Waals surface area contributed by atoms with E-state index in [1.807, 2.05) is 0 Å². The fourth-order valence-electron chi connectivity index (χ4n) is 4.13. The first-order chi connectivity index (χ1) is 16.7. The van der Waals surface area contributed by atoms with Gasteiger partial charge in [0.25, 0.3) is 0 Å². The van der Waals surface area contributed by atoms with Gasteiger partial charge in [-0.2, -0.15) is 0 Å². The molecule has 4 aromatic carbocycles. The molecule has 0 aliphatic heterocycles. The summed E-state index contributed by atoms with van der Waals surface area (Å²) >= 11 is 1.60. The van der Waals surface area contributed by atoms with Crippen molar-refractivity contribution in [1.29, 1.82) is 0 Å². The highest BCUT2D eigenvalue weighted by atomic mass is 32.1. The van der Waals surface area contributed by atoms with Crippen LogP contribution in [-0.2, 0) is 6.42 Å². The number of rotatable bonds is 8. The number of aromatic nitrogens is 2. The molecule has 1 heterocycles. The van der Waals surface area contributed by atoms with Crippen molar-refractivity contribution >= 4 is 60.8 Å². The molecule has 0 aliphatic rings. The highest BCUT2D eigenvalue weighted by Gasteiger charge is 2.12. The second-order valence-electron chi connectivity index (χ2n) is 8.47. The summed E-state index contributed by atoms with van der Waals surface area (Å²) in [6.45, 7) is 6.51. The smallest absolute Gasteiger partial charge is 0.210 e. The van der Waals surface area contributed by atoms with Crippen LogP contribution in [-0.4, -0.2) is 16.2 Å². The summed E-state index contributed by atoms with van der Waals surface area (Å²) in [6.07, 6.45) is 1.97. The molecule has 3 N–H and O–H groups in total. The van der Waals surface area contributed by atoms with Crippen molar-refractivity contribution in [2.45, 2.75) is 39.7 Å². The number of aryl methyl sites for hydroxylation is 1. The van der Waals surface area contributed by atoms with E-state index in [0.29, 0.717) is 6.04 Å². The van der Waals surface area contributed by atoms with Crippen LogP contribution in [0.15, 0.2) is 72.8 Å². The Kier molecular flexibility index (Phi) is 6.32. The third-order valence-electron chi connectivity index (χ3n) is 6.14. The van der Waals surface area contributed by atoms with Gasteiger partial charge in [0.2, 0.25) is 5.13 Å². The van der Waals surface area contributed by atoms with Gasteiger partial charge in [-0.15, -0.1) is 10.2 Å². The minimum absolute atomic E-state index is 0.424. The lowest BCUT2D eigenvalue weighted by Crippen LogP contribution is -2.13. The molecular formula is C28H29N5S. The van der Waals surface area contributed by atoms with Crippen molar-refractivity contribution in [2.75, 3.05) is 16.0 Å². The molecule has 0 bridgehead atoms. The molecule has 0 amide bonds. The Morgan fingerprint density at radius 2 is 1.18 bits per heavy atom. The summed E-state index contributed by atoms with van der Waals surface area (Å²) in [5, 5.41) is 25.9. The Bertz CT molecular complexity index is 1440. The van der Waals surface area contributed by atoms with Gasteiger partial charge < -0.3 is 16.0 Å². The number of hydrogen-bond donors (Lipinski definition) is 3. The maximum atomic E-state index is 4.28. The molecule has 0 fully saturated rings. The number of nitrogens with one attached hydrogen (secondary N) is 3. The van der Waals surface area contributed by atoms with Crippen molar-refractivity contribution in [1.82, 2.24) is 10.2 Å².